The van der Waals surface area contributed by atoms with Gasteiger partial charge in [-0.1, -0.05) is 30.0 Å². The first-order valence-corrected chi connectivity index (χ1v) is 10.8. The van der Waals surface area contributed by atoms with Crippen LogP contribution in [-0.4, -0.2) is 49.0 Å². The smallest absolute Gasteiger partial charge is 0.214 e. The number of thioether (sulfide) groups is 1. The van der Waals surface area contributed by atoms with Gasteiger partial charge in [0, 0.05) is 30.1 Å². The molecule has 0 unspecified atom stereocenters. The van der Waals surface area contributed by atoms with Gasteiger partial charge in [0.25, 0.3) is 0 Å². The van der Waals surface area contributed by atoms with Crippen LogP contribution >= 0.6 is 11.8 Å². The molecule has 7 nitrogen and oxygen atoms in total. The van der Waals surface area contributed by atoms with Crippen molar-refractivity contribution in [2.24, 2.45) is 0 Å². The molecule has 0 saturated carbocycles. The van der Waals surface area contributed by atoms with Crippen molar-refractivity contribution in [2.75, 3.05) is 12.4 Å². The lowest BCUT2D eigenvalue weighted by molar-refractivity contribution is 0.0957. The van der Waals surface area contributed by atoms with E-state index in [1.54, 1.807) is 4.68 Å². The number of para-hydroxylation sites is 1. The molecule has 1 saturated heterocycles. The number of aromatic nitrogens is 5. The Balaban J connectivity index is 1.47. The highest BCUT2D eigenvalue weighted by molar-refractivity contribution is 7.99. The Kier molecular flexibility index (Phi) is 5.82. The molecule has 1 atom stereocenters. The fourth-order valence-corrected chi connectivity index (χ4v) is 4.55. The van der Waals surface area contributed by atoms with Crippen LogP contribution in [0.3, 0.4) is 0 Å². The SMILES string of the molecule is Cc1ccccc1-n1nnnc1SCC(=O)c1cc(C)n(C[C@@H]2CCCO2)c1C. The second-order valence-corrected chi connectivity index (χ2v) is 8.34. The Hall–Kier alpha value is -2.45. The predicted molar refractivity (Wildman–Crippen MR) is 112 cm³/mol. The van der Waals surface area contributed by atoms with Crippen molar-refractivity contribution in [3.8, 4) is 5.69 Å². The van der Waals surface area contributed by atoms with Gasteiger partial charge in [-0.3, -0.25) is 4.79 Å². The van der Waals surface area contributed by atoms with E-state index in [1.165, 1.54) is 11.8 Å². The van der Waals surface area contributed by atoms with E-state index in [9.17, 15) is 4.79 Å². The summed E-state index contributed by atoms with van der Waals surface area (Å²) in [7, 11) is 0. The van der Waals surface area contributed by atoms with Crippen molar-refractivity contribution in [2.45, 2.75) is 51.4 Å². The van der Waals surface area contributed by atoms with Crippen LogP contribution in [0.15, 0.2) is 35.5 Å². The lowest BCUT2D eigenvalue weighted by Crippen LogP contribution is -2.17. The van der Waals surface area contributed by atoms with Crippen molar-refractivity contribution in [1.82, 2.24) is 24.8 Å². The van der Waals surface area contributed by atoms with Crippen LogP contribution < -0.4 is 0 Å². The third-order valence-corrected chi connectivity index (χ3v) is 6.32. The number of carbonyl (C=O) groups is 1. The fourth-order valence-electron chi connectivity index (χ4n) is 3.79. The summed E-state index contributed by atoms with van der Waals surface area (Å²) in [5, 5.41) is 12.6. The van der Waals surface area contributed by atoms with Crippen LogP contribution in [0.2, 0.25) is 0 Å². The van der Waals surface area contributed by atoms with Crippen LogP contribution in [0.5, 0.6) is 0 Å². The van der Waals surface area contributed by atoms with Crippen LogP contribution in [-0.2, 0) is 11.3 Å². The molecule has 3 aromatic rings. The molecule has 1 aromatic carbocycles. The van der Waals surface area contributed by atoms with Gasteiger partial charge in [-0.05, 0) is 61.7 Å². The second kappa shape index (κ2) is 8.51. The summed E-state index contributed by atoms with van der Waals surface area (Å²) >= 11 is 1.36. The largest absolute Gasteiger partial charge is 0.376 e. The van der Waals surface area contributed by atoms with Gasteiger partial charge >= 0.3 is 0 Å². The van der Waals surface area contributed by atoms with E-state index in [1.807, 2.05) is 51.1 Å². The number of ether oxygens (including phenoxy) is 1. The number of benzene rings is 1. The molecule has 0 N–H and O–H groups in total. The monoisotopic (exact) mass is 411 g/mol. The van der Waals surface area contributed by atoms with Crippen molar-refractivity contribution in [3.63, 3.8) is 0 Å². The minimum atomic E-state index is 0.0843. The third-order valence-electron chi connectivity index (χ3n) is 5.40. The molecule has 0 spiro atoms. The van der Waals surface area contributed by atoms with Crippen LogP contribution in [0.4, 0.5) is 0 Å². The Morgan fingerprint density at radius 3 is 2.86 bits per heavy atom. The van der Waals surface area contributed by atoms with Gasteiger partial charge in [0.2, 0.25) is 5.16 Å². The number of Topliss-reactive ketones (excluding diaryl/α,β-unsaturated/α-hetero) is 1. The molecule has 0 amide bonds. The first-order valence-electron chi connectivity index (χ1n) is 9.83. The van der Waals surface area contributed by atoms with E-state index >= 15 is 0 Å². The molecule has 0 radical (unpaired) electrons. The Bertz CT molecular complexity index is 1020. The Labute approximate surface area is 174 Å². The van der Waals surface area contributed by atoms with E-state index in [0.29, 0.717) is 5.16 Å². The van der Waals surface area contributed by atoms with Gasteiger partial charge in [0.15, 0.2) is 5.78 Å². The molecule has 1 fully saturated rings. The van der Waals surface area contributed by atoms with Crippen molar-refractivity contribution in [3.05, 3.63) is 52.8 Å². The quantitative estimate of drug-likeness (QED) is 0.437. The standard InChI is InChI=1S/C21H25N5O2S/c1-14-7-4-5-9-19(14)26-21(22-23-24-26)29-13-20(27)18-11-15(2)25(16(18)3)12-17-8-6-10-28-17/h4-5,7,9,11,17H,6,8,10,12-13H2,1-3H3/t17-/m0/s1. The summed E-state index contributed by atoms with van der Waals surface area (Å²) in [6.07, 6.45) is 2.44. The summed E-state index contributed by atoms with van der Waals surface area (Å²) in [4.78, 5) is 12.9. The number of hydrogen-bond acceptors (Lipinski definition) is 6. The minimum Gasteiger partial charge on any atom is -0.376 e. The van der Waals surface area contributed by atoms with Crippen molar-refractivity contribution >= 4 is 17.5 Å². The zero-order valence-electron chi connectivity index (χ0n) is 17.0. The number of rotatable bonds is 7. The number of hydrogen-bond donors (Lipinski definition) is 0. The first kappa shape index (κ1) is 19.8. The molecule has 0 aliphatic carbocycles. The fraction of sp³-hybridized carbons (Fsp3) is 0.429. The van der Waals surface area contributed by atoms with E-state index in [-0.39, 0.29) is 17.6 Å². The van der Waals surface area contributed by atoms with Gasteiger partial charge in [0.1, 0.15) is 0 Å². The topological polar surface area (TPSA) is 74.8 Å². The average Bonchev–Trinajstić information content (AvgIpc) is 3.44. The zero-order valence-corrected chi connectivity index (χ0v) is 17.8. The molecule has 1 aliphatic rings. The maximum atomic E-state index is 12.9. The highest BCUT2D eigenvalue weighted by atomic mass is 32.2. The number of ketones is 1. The van der Waals surface area contributed by atoms with Crippen LogP contribution in [0, 0.1) is 20.8 Å². The normalized spacial score (nSPS) is 16.4. The third kappa shape index (κ3) is 4.13. The lowest BCUT2D eigenvalue weighted by atomic mass is 10.2. The molecule has 4 rings (SSSR count). The van der Waals surface area contributed by atoms with E-state index in [0.717, 1.165) is 54.2 Å². The minimum absolute atomic E-state index is 0.0843. The molecule has 152 valence electrons. The van der Waals surface area contributed by atoms with Gasteiger partial charge in [-0.25, -0.2) is 0 Å². The summed E-state index contributed by atoms with van der Waals surface area (Å²) in [6.45, 7) is 7.72. The maximum Gasteiger partial charge on any atom is 0.214 e. The predicted octanol–water partition coefficient (Wildman–Crippen LogP) is 3.54. The maximum absolute atomic E-state index is 12.9. The summed E-state index contributed by atoms with van der Waals surface area (Å²) in [6, 6.07) is 9.89. The Morgan fingerprint density at radius 1 is 1.28 bits per heavy atom. The van der Waals surface area contributed by atoms with Crippen LogP contribution in [0.1, 0.15) is 40.2 Å². The van der Waals surface area contributed by atoms with E-state index < -0.39 is 0 Å². The van der Waals surface area contributed by atoms with Gasteiger partial charge in [-0.2, -0.15) is 4.68 Å². The first-order chi connectivity index (χ1) is 14.0. The highest BCUT2D eigenvalue weighted by Gasteiger charge is 2.22. The summed E-state index contributed by atoms with van der Waals surface area (Å²) < 4.78 is 9.65. The highest BCUT2D eigenvalue weighted by Crippen LogP contribution is 2.24. The molecule has 2 aromatic heterocycles. The van der Waals surface area contributed by atoms with Gasteiger partial charge < -0.3 is 9.30 Å². The van der Waals surface area contributed by atoms with Gasteiger partial charge in [-0.15, -0.1) is 5.10 Å². The molecule has 0 bridgehead atoms. The molecule has 29 heavy (non-hydrogen) atoms. The molecular weight excluding hydrogens is 386 g/mol. The zero-order chi connectivity index (χ0) is 20.4. The molecule has 8 heteroatoms. The molecule has 3 heterocycles. The number of tetrazole rings is 1. The van der Waals surface area contributed by atoms with Crippen molar-refractivity contribution < 1.29 is 9.53 Å². The number of carbonyl (C=O) groups excluding carboxylic acids is 1. The lowest BCUT2D eigenvalue weighted by Gasteiger charge is -2.14. The number of nitrogens with zero attached hydrogens (tertiary/aromatic N) is 5. The summed E-state index contributed by atoms with van der Waals surface area (Å²) in [5.74, 6) is 0.372. The van der Waals surface area contributed by atoms with E-state index in [4.69, 9.17) is 4.74 Å². The van der Waals surface area contributed by atoms with Crippen molar-refractivity contribution in [1.29, 1.82) is 0 Å². The van der Waals surface area contributed by atoms with E-state index in [2.05, 4.69) is 20.1 Å². The average molecular weight is 412 g/mol. The van der Waals surface area contributed by atoms with Gasteiger partial charge in [0.05, 0.1) is 17.5 Å². The molecule has 1 aliphatic heterocycles. The Morgan fingerprint density at radius 2 is 2.10 bits per heavy atom. The second-order valence-electron chi connectivity index (χ2n) is 7.40. The molecular formula is C21H25N5O2S. The summed E-state index contributed by atoms with van der Waals surface area (Å²) in [5.41, 5.74) is 4.86. The van der Waals surface area contributed by atoms with Crippen LogP contribution in [0.25, 0.3) is 5.69 Å². The number of aryl methyl sites for hydroxylation is 2.